The Labute approximate surface area is 124 Å². The summed E-state index contributed by atoms with van der Waals surface area (Å²) in [5, 5.41) is 3.12. The number of nitrogens with zero attached hydrogens (tertiary/aromatic N) is 2. The first kappa shape index (κ1) is 17.0. The zero-order valence-electron chi connectivity index (χ0n) is 12.5. The first-order valence-electron chi connectivity index (χ1n) is 6.75. The van der Waals surface area contributed by atoms with Crippen molar-refractivity contribution in [2.75, 3.05) is 27.2 Å². The number of ether oxygens (including phenoxy) is 1. The lowest BCUT2D eigenvalue weighted by Gasteiger charge is -2.10. The van der Waals surface area contributed by atoms with Gasteiger partial charge >= 0.3 is 0 Å². The summed E-state index contributed by atoms with van der Waals surface area (Å²) in [6.45, 7) is 5.15. The van der Waals surface area contributed by atoms with Crippen LogP contribution in [0.25, 0.3) is 0 Å². The van der Waals surface area contributed by atoms with Crippen molar-refractivity contribution in [3.63, 3.8) is 0 Å². The van der Waals surface area contributed by atoms with Gasteiger partial charge in [-0.3, -0.25) is 19.5 Å². The van der Waals surface area contributed by atoms with Crippen molar-refractivity contribution in [2.45, 2.75) is 38.0 Å². The summed E-state index contributed by atoms with van der Waals surface area (Å²) in [5.41, 5.74) is 0. The third-order valence-corrected chi connectivity index (χ3v) is 4.12. The molecule has 6 nitrogen and oxygen atoms in total. The number of thioether (sulfide) groups is 1. The Balaban J connectivity index is 2.24. The Kier molecular flexibility index (Phi) is 7.01. The molecule has 0 bridgehead atoms. The van der Waals surface area contributed by atoms with E-state index in [9.17, 15) is 9.59 Å². The average Bonchev–Trinajstić information content (AvgIpc) is 2.66. The molecule has 1 aliphatic heterocycles. The number of carbonyl (C=O) groups excluding carboxylic acids is 2. The third-order valence-electron chi connectivity index (χ3n) is 2.80. The Morgan fingerprint density at radius 3 is 2.80 bits per heavy atom. The number of amidine groups is 1. The van der Waals surface area contributed by atoms with E-state index >= 15 is 0 Å². The molecule has 1 aliphatic rings. The van der Waals surface area contributed by atoms with Crippen LogP contribution in [-0.2, 0) is 14.3 Å². The molecule has 7 heteroatoms. The van der Waals surface area contributed by atoms with Gasteiger partial charge in [-0.05, 0) is 20.3 Å². The second-order valence-electron chi connectivity index (χ2n) is 4.84. The topological polar surface area (TPSA) is 71.0 Å². The van der Waals surface area contributed by atoms with E-state index in [1.54, 1.807) is 14.1 Å². The molecule has 1 unspecified atom stereocenters. The van der Waals surface area contributed by atoms with E-state index in [1.165, 1.54) is 16.7 Å². The van der Waals surface area contributed by atoms with Crippen LogP contribution in [0.5, 0.6) is 0 Å². The normalized spacial score (nSPS) is 21.1. The molecule has 114 valence electrons. The highest BCUT2D eigenvalue weighted by Crippen LogP contribution is 2.27. The Morgan fingerprint density at radius 2 is 2.25 bits per heavy atom. The van der Waals surface area contributed by atoms with Crippen LogP contribution < -0.4 is 5.32 Å². The molecule has 0 saturated carbocycles. The van der Waals surface area contributed by atoms with Gasteiger partial charge in [-0.2, -0.15) is 0 Å². The second-order valence-corrected chi connectivity index (χ2v) is 6.01. The number of carbonyl (C=O) groups is 2. The zero-order chi connectivity index (χ0) is 15.1. The van der Waals surface area contributed by atoms with E-state index in [2.05, 4.69) is 10.3 Å². The maximum absolute atomic E-state index is 11.9. The predicted molar refractivity (Wildman–Crippen MR) is 80.8 cm³/mol. The van der Waals surface area contributed by atoms with E-state index in [4.69, 9.17) is 4.74 Å². The summed E-state index contributed by atoms with van der Waals surface area (Å²) in [5.74, 6) is -0.167. The van der Waals surface area contributed by atoms with Crippen LogP contribution in [-0.4, -0.2) is 60.5 Å². The molecule has 0 spiro atoms. The lowest BCUT2D eigenvalue weighted by atomic mass is 10.2. The van der Waals surface area contributed by atoms with Crippen LogP contribution in [0.15, 0.2) is 4.99 Å². The van der Waals surface area contributed by atoms with Gasteiger partial charge in [0, 0.05) is 33.7 Å². The summed E-state index contributed by atoms with van der Waals surface area (Å²) >= 11 is 1.34. The van der Waals surface area contributed by atoms with E-state index in [0.717, 1.165) is 6.42 Å². The van der Waals surface area contributed by atoms with Crippen LogP contribution in [0.4, 0.5) is 0 Å². The van der Waals surface area contributed by atoms with Crippen LogP contribution in [0.2, 0.25) is 0 Å². The maximum Gasteiger partial charge on any atom is 0.242 e. The van der Waals surface area contributed by atoms with E-state index in [0.29, 0.717) is 18.3 Å². The van der Waals surface area contributed by atoms with Crippen molar-refractivity contribution in [1.29, 1.82) is 0 Å². The lowest BCUT2D eigenvalue weighted by molar-refractivity contribution is -0.128. The van der Waals surface area contributed by atoms with Gasteiger partial charge in [0.15, 0.2) is 5.17 Å². The van der Waals surface area contributed by atoms with Crippen LogP contribution >= 0.6 is 11.8 Å². The van der Waals surface area contributed by atoms with Crippen LogP contribution in [0.1, 0.15) is 26.7 Å². The zero-order valence-corrected chi connectivity index (χ0v) is 13.3. The Hall–Kier alpha value is -1.08. The van der Waals surface area contributed by atoms with Crippen molar-refractivity contribution in [3.05, 3.63) is 0 Å². The highest BCUT2D eigenvalue weighted by Gasteiger charge is 2.36. The molecule has 1 fully saturated rings. The fourth-order valence-corrected chi connectivity index (χ4v) is 2.86. The highest BCUT2D eigenvalue weighted by atomic mass is 32.2. The predicted octanol–water partition coefficient (Wildman–Crippen LogP) is 0.867. The number of hydrogen-bond acceptors (Lipinski definition) is 5. The smallest absolute Gasteiger partial charge is 0.242 e. The summed E-state index contributed by atoms with van der Waals surface area (Å²) in [7, 11) is 3.32. The molecule has 20 heavy (non-hydrogen) atoms. The first-order valence-corrected chi connectivity index (χ1v) is 7.63. The van der Waals surface area contributed by atoms with Crippen molar-refractivity contribution >= 4 is 28.7 Å². The average molecular weight is 301 g/mol. The molecule has 0 aromatic rings. The molecule has 0 radical (unpaired) electrons. The molecule has 0 aliphatic carbocycles. The van der Waals surface area contributed by atoms with Gasteiger partial charge in [-0.1, -0.05) is 11.8 Å². The number of hydrogen-bond donors (Lipinski definition) is 1. The quantitative estimate of drug-likeness (QED) is 0.708. The fraction of sp³-hybridized carbons (Fsp3) is 0.769. The molecule has 1 atom stereocenters. The SMILES string of the molecule is CN=C1SC(CC(=O)NCCCOC(C)C)C(=O)N1C. The van der Waals surface area contributed by atoms with E-state index < -0.39 is 0 Å². The molecule has 1 saturated heterocycles. The third kappa shape index (κ3) is 5.13. The van der Waals surface area contributed by atoms with Crippen molar-refractivity contribution in [2.24, 2.45) is 4.99 Å². The molecule has 1 heterocycles. The van der Waals surface area contributed by atoms with Gasteiger partial charge in [0.25, 0.3) is 0 Å². The first-order chi connectivity index (χ1) is 9.45. The molecular weight excluding hydrogens is 278 g/mol. The minimum absolute atomic E-state index is 0.0612. The summed E-state index contributed by atoms with van der Waals surface area (Å²) in [6.07, 6.45) is 1.18. The van der Waals surface area contributed by atoms with Crippen LogP contribution in [0.3, 0.4) is 0 Å². The molecule has 2 amide bonds. The number of amides is 2. The number of nitrogens with one attached hydrogen (secondary N) is 1. The van der Waals surface area contributed by atoms with Crippen molar-refractivity contribution < 1.29 is 14.3 Å². The monoisotopic (exact) mass is 301 g/mol. The summed E-state index contributed by atoms with van der Waals surface area (Å²) < 4.78 is 5.38. The van der Waals surface area contributed by atoms with Crippen LogP contribution in [0, 0.1) is 0 Å². The van der Waals surface area contributed by atoms with Gasteiger partial charge in [0.2, 0.25) is 11.8 Å². The Morgan fingerprint density at radius 1 is 1.55 bits per heavy atom. The molecular formula is C13H23N3O3S. The highest BCUT2D eigenvalue weighted by molar-refractivity contribution is 8.15. The number of aliphatic imine (C=N–C) groups is 1. The number of rotatable bonds is 7. The lowest BCUT2D eigenvalue weighted by Crippen LogP contribution is -2.33. The largest absolute Gasteiger partial charge is 0.379 e. The molecule has 0 aromatic carbocycles. The minimum atomic E-state index is -0.356. The second kappa shape index (κ2) is 8.26. The molecule has 1 N–H and O–H groups in total. The summed E-state index contributed by atoms with van der Waals surface area (Å²) in [4.78, 5) is 29.2. The Bertz CT molecular complexity index is 385. The van der Waals surface area contributed by atoms with Gasteiger partial charge < -0.3 is 10.1 Å². The standard InChI is InChI=1S/C13H23N3O3S/c1-9(2)19-7-5-6-15-11(17)8-10-12(18)16(4)13(14-3)20-10/h9-10H,5-8H2,1-4H3,(H,15,17). The van der Waals surface area contributed by atoms with E-state index in [-0.39, 0.29) is 29.6 Å². The van der Waals surface area contributed by atoms with Gasteiger partial charge in [-0.25, -0.2) is 0 Å². The molecule has 0 aromatic heterocycles. The van der Waals surface area contributed by atoms with Gasteiger partial charge in [-0.15, -0.1) is 0 Å². The van der Waals surface area contributed by atoms with Crippen molar-refractivity contribution in [3.8, 4) is 0 Å². The minimum Gasteiger partial charge on any atom is -0.379 e. The van der Waals surface area contributed by atoms with Gasteiger partial charge in [0.05, 0.1) is 6.10 Å². The molecule has 1 rings (SSSR count). The van der Waals surface area contributed by atoms with Gasteiger partial charge in [0.1, 0.15) is 5.25 Å². The van der Waals surface area contributed by atoms with Crippen molar-refractivity contribution in [1.82, 2.24) is 10.2 Å². The maximum atomic E-state index is 11.9. The fourth-order valence-electron chi connectivity index (χ4n) is 1.76. The van der Waals surface area contributed by atoms with E-state index in [1.807, 2.05) is 13.8 Å². The summed E-state index contributed by atoms with van der Waals surface area (Å²) in [6, 6.07) is 0.